The van der Waals surface area contributed by atoms with Crippen molar-refractivity contribution >= 4 is 23.6 Å². The molecule has 2 rings (SSSR count). The minimum absolute atomic E-state index is 0.0894. The van der Waals surface area contributed by atoms with E-state index in [1.807, 2.05) is 13.8 Å². The Labute approximate surface area is 110 Å². The van der Waals surface area contributed by atoms with Gasteiger partial charge in [-0.15, -0.1) is 0 Å². The molecule has 1 fully saturated rings. The van der Waals surface area contributed by atoms with Crippen LogP contribution in [0.15, 0.2) is 6.20 Å². The summed E-state index contributed by atoms with van der Waals surface area (Å²) in [5.74, 6) is 5.42. The van der Waals surface area contributed by atoms with Crippen molar-refractivity contribution in [3.8, 4) is 0 Å². The van der Waals surface area contributed by atoms with Crippen LogP contribution in [0, 0.1) is 6.92 Å². The topological polar surface area (TPSA) is 113 Å². The smallest absolute Gasteiger partial charge is 0.249 e. The first-order valence-electron chi connectivity index (χ1n) is 5.97. The fraction of sp³-hybridized carbons (Fsp3) is 0.455. The van der Waals surface area contributed by atoms with E-state index in [1.165, 1.54) is 0 Å². The molecule has 19 heavy (non-hydrogen) atoms. The highest BCUT2D eigenvalue weighted by molar-refractivity contribution is 6.04. The molecule has 1 unspecified atom stereocenters. The van der Waals surface area contributed by atoms with Crippen LogP contribution in [0.1, 0.15) is 18.9 Å². The van der Waals surface area contributed by atoms with Crippen LogP contribution < -0.4 is 21.5 Å². The van der Waals surface area contributed by atoms with Crippen LogP contribution in [0.2, 0.25) is 0 Å². The minimum atomic E-state index is -0.420. The Hall–Kier alpha value is -2.22. The average Bonchev–Trinajstić information content (AvgIpc) is 2.38. The predicted molar refractivity (Wildman–Crippen MR) is 69.2 cm³/mol. The Morgan fingerprint density at radius 2 is 2.32 bits per heavy atom. The number of nitrogens with two attached hydrogens (primary N) is 1. The lowest BCUT2D eigenvalue weighted by molar-refractivity contribution is -0.132. The summed E-state index contributed by atoms with van der Waals surface area (Å²) in [5.41, 5.74) is 3.13. The van der Waals surface area contributed by atoms with Gasteiger partial charge in [0.15, 0.2) is 0 Å². The molecule has 2 amide bonds. The summed E-state index contributed by atoms with van der Waals surface area (Å²) in [4.78, 5) is 33.2. The molecule has 1 saturated heterocycles. The quantitative estimate of drug-likeness (QED) is 0.376. The van der Waals surface area contributed by atoms with E-state index in [1.54, 1.807) is 11.1 Å². The molecule has 2 heterocycles. The highest BCUT2D eigenvalue weighted by Crippen LogP contribution is 2.23. The standard InChI is InChI=1S/C11H16N6O2/c1-3-7-10(19)14-8(18)5-17(7)9-6(2)4-13-11(15-9)16-12/h4,7H,3,5,12H2,1-2H3,(H,13,15,16)(H,14,18,19). The summed E-state index contributed by atoms with van der Waals surface area (Å²) in [6.45, 7) is 3.79. The minimum Gasteiger partial charge on any atom is -0.335 e. The lowest BCUT2D eigenvalue weighted by Gasteiger charge is -2.35. The van der Waals surface area contributed by atoms with Crippen molar-refractivity contribution < 1.29 is 9.59 Å². The highest BCUT2D eigenvalue weighted by Gasteiger charge is 2.34. The van der Waals surface area contributed by atoms with Gasteiger partial charge in [0, 0.05) is 11.8 Å². The number of nitrogen functional groups attached to an aromatic ring is 1. The molecular weight excluding hydrogens is 248 g/mol. The number of hydrogen-bond acceptors (Lipinski definition) is 7. The second kappa shape index (κ2) is 5.19. The van der Waals surface area contributed by atoms with Gasteiger partial charge >= 0.3 is 0 Å². The molecule has 0 saturated carbocycles. The molecule has 0 bridgehead atoms. The van der Waals surface area contributed by atoms with Gasteiger partial charge in [-0.2, -0.15) is 4.98 Å². The number of nitrogens with zero attached hydrogens (tertiary/aromatic N) is 3. The molecule has 0 spiro atoms. The number of hydrazine groups is 1. The largest absolute Gasteiger partial charge is 0.335 e. The van der Waals surface area contributed by atoms with E-state index in [0.717, 1.165) is 5.56 Å². The third-order valence-corrected chi connectivity index (χ3v) is 2.99. The molecule has 1 aromatic heterocycles. The fourth-order valence-electron chi connectivity index (χ4n) is 2.09. The number of hydrogen-bond donors (Lipinski definition) is 3. The molecule has 8 heteroatoms. The van der Waals surface area contributed by atoms with Gasteiger partial charge in [0.1, 0.15) is 11.9 Å². The number of imide groups is 1. The number of carbonyl (C=O) groups excluding carboxylic acids is 2. The van der Waals surface area contributed by atoms with E-state index in [9.17, 15) is 9.59 Å². The number of piperazine rings is 1. The second-order valence-corrected chi connectivity index (χ2v) is 4.31. The van der Waals surface area contributed by atoms with Gasteiger partial charge in [-0.1, -0.05) is 6.92 Å². The maximum atomic E-state index is 11.8. The van der Waals surface area contributed by atoms with E-state index >= 15 is 0 Å². The number of anilines is 2. The van der Waals surface area contributed by atoms with Gasteiger partial charge < -0.3 is 4.90 Å². The summed E-state index contributed by atoms with van der Waals surface area (Å²) in [5, 5.41) is 2.32. The Balaban J connectivity index is 2.42. The van der Waals surface area contributed by atoms with Crippen LogP contribution in [-0.4, -0.2) is 34.4 Å². The average molecular weight is 264 g/mol. The number of rotatable bonds is 3. The van der Waals surface area contributed by atoms with Crippen LogP contribution in [-0.2, 0) is 9.59 Å². The van der Waals surface area contributed by atoms with Gasteiger partial charge in [-0.25, -0.2) is 10.8 Å². The van der Waals surface area contributed by atoms with E-state index in [2.05, 4.69) is 20.7 Å². The predicted octanol–water partition coefficient (Wildman–Crippen LogP) is -0.688. The number of nitrogens with one attached hydrogen (secondary N) is 2. The van der Waals surface area contributed by atoms with E-state index < -0.39 is 6.04 Å². The monoisotopic (exact) mass is 264 g/mol. The Bertz CT molecular complexity index is 518. The summed E-state index contributed by atoms with van der Waals surface area (Å²) >= 11 is 0. The molecule has 4 N–H and O–H groups in total. The third-order valence-electron chi connectivity index (χ3n) is 2.99. The van der Waals surface area contributed by atoms with Crippen LogP contribution in [0.25, 0.3) is 0 Å². The first-order valence-corrected chi connectivity index (χ1v) is 5.97. The van der Waals surface area contributed by atoms with Crippen LogP contribution in [0.4, 0.5) is 11.8 Å². The van der Waals surface area contributed by atoms with Crippen LogP contribution in [0.5, 0.6) is 0 Å². The maximum Gasteiger partial charge on any atom is 0.249 e. The first-order chi connectivity index (χ1) is 9.06. The van der Waals surface area contributed by atoms with Crippen molar-refractivity contribution in [1.29, 1.82) is 0 Å². The van der Waals surface area contributed by atoms with Crippen molar-refractivity contribution in [2.24, 2.45) is 5.84 Å². The molecule has 1 aromatic rings. The number of aryl methyl sites for hydroxylation is 1. The van der Waals surface area contributed by atoms with E-state index in [4.69, 9.17) is 5.84 Å². The molecule has 0 aliphatic carbocycles. The molecule has 8 nitrogen and oxygen atoms in total. The van der Waals surface area contributed by atoms with E-state index in [0.29, 0.717) is 12.2 Å². The van der Waals surface area contributed by atoms with Crippen molar-refractivity contribution in [2.75, 3.05) is 16.9 Å². The lowest BCUT2D eigenvalue weighted by Crippen LogP contribution is -2.58. The summed E-state index contributed by atoms with van der Waals surface area (Å²) < 4.78 is 0. The summed E-state index contributed by atoms with van der Waals surface area (Å²) in [6.07, 6.45) is 2.18. The number of amides is 2. The van der Waals surface area contributed by atoms with Crippen molar-refractivity contribution in [3.63, 3.8) is 0 Å². The SMILES string of the molecule is CCC1C(=O)NC(=O)CN1c1nc(NN)ncc1C. The van der Waals surface area contributed by atoms with Crippen molar-refractivity contribution in [1.82, 2.24) is 15.3 Å². The molecule has 1 aliphatic rings. The van der Waals surface area contributed by atoms with Gasteiger partial charge in [-0.05, 0) is 13.3 Å². The summed E-state index contributed by atoms with van der Waals surface area (Å²) in [6, 6.07) is -0.420. The van der Waals surface area contributed by atoms with Gasteiger partial charge in [0.2, 0.25) is 17.8 Å². The molecule has 0 aromatic carbocycles. The zero-order chi connectivity index (χ0) is 14.0. The Morgan fingerprint density at radius 1 is 1.58 bits per heavy atom. The van der Waals surface area contributed by atoms with Crippen LogP contribution >= 0.6 is 0 Å². The van der Waals surface area contributed by atoms with Crippen molar-refractivity contribution in [2.45, 2.75) is 26.3 Å². The normalized spacial score (nSPS) is 19.3. The fourth-order valence-corrected chi connectivity index (χ4v) is 2.09. The first kappa shape index (κ1) is 13.2. The molecular formula is C11H16N6O2. The number of carbonyl (C=O) groups is 2. The third kappa shape index (κ3) is 2.48. The molecule has 1 aliphatic heterocycles. The van der Waals surface area contributed by atoms with Gasteiger partial charge in [0.25, 0.3) is 0 Å². The molecule has 0 radical (unpaired) electrons. The van der Waals surface area contributed by atoms with Gasteiger partial charge in [-0.3, -0.25) is 20.3 Å². The Morgan fingerprint density at radius 3 is 2.95 bits per heavy atom. The van der Waals surface area contributed by atoms with Crippen molar-refractivity contribution in [3.05, 3.63) is 11.8 Å². The lowest BCUT2D eigenvalue weighted by atomic mass is 10.1. The highest BCUT2D eigenvalue weighted by atomic mass is 16.2. The number of aromatic nitrogens is 2. The van der Waals surface area contributed by atoms with Crippen LogP contribution in [0.3, 0.4) is 0 Å². The van der Waals surface area contributed by atoms with Gasteiger partial charge in [0.05, 0.1) is 6.54 Å². The van der Waals surface area contributed by atoms with E-state index in [-0.39, 0.29) is 24.3 Å². The summed E-state index contributed by atoms with van der Waals surface area (Å²) in [7, 11) is 0. The second-order valence-electron chi connectivity index (χ2n) is 4.31. The zero-order valence-corrected chi connectivity index (χ0v) is 10.8. The molecule has 102 valence electrons. The maximum absolute atomic E-state index is 11.8. The zero-order valence-electron chi connectivity index (χ0n) is 10.8. The Kier molecular flexibility index (Phi) is 3.61. The molecule has 1 atom stereocenters.